The highest BCUT2D eigenvalue weighted by Gasteiger charge is 2.22. The standard InChI is InChI=1S/C15H24FN3O/c16-14-6-5-13(10-19-18-8-2-1-7-17)9-15(14)20-11-12-3-4-12/h5-6,9,12,18-19H,1-4,7-8,10-11,17H2. The quantitative estimate of drug-likeness (QED) is 0.453. The normalized spacial score (nSPS) is 14.5. The van der Waals surface area contributed by atoms with Crippen molar-refractivity contribution < 1.29 is 9.13 Å². The van der Waals surface area contributed by atoms with Crippen LogP contribution in [0.5, 0.6) is 5.75 Å². The fraction of sp³-hybridized carbons (Fsp3) is 0.600. The highest BCUT2D eigenvalue weighted by Crippen LogP contribution is 2.30. The zero-order valence-corrected chi connectivity index (χ0v) is 11.8. The number of hydrogen-bond donors (Lipinski definition) is 3. The molecule has 1 aliphatic carbocycles. The van der Waals surface area contributed by atoms with E-state index in [1.807, 2.05) is 0 Å². The van der Waals surface area contributed by atoms with Gasteiger partial charge in [0.1, 0.15) is 0 Å². The van der Waals surface area contributed by atoms with E-state index in [2.05, 4.69) is 10.9 Å². The van der Waals surface area contributed by atoms with E-state index >= 15 is 0 Å². The number of unbranched alkanes of at least 4 members (excludes halogenated alkanes) is 1. The second-order valence-electron chi connectivity index (χ2n) is 5.30. The van der Waals surface area contributed by atoms with Crippen molar-refractivity contribution in [2.75, 3.05) is 19.7 Å². The minimum atomic E-state index is -0.287. The Bertz CT molecular complexity index is 410. The summed E-state index contributed by atoms with van der Waals surface area (Å²) in [5.74, 6) is 0.699. The van der Waals surface area contributed by atoms with Gasteiger partial charge in [0.15, 0.2) is 11.6 Å². The van der Waals surface area contributed by atoms with Crippen molar-refractivity contribution in [2.24, 2.45) is 11.7 Å². The first kappa shape index (κ1) is 15.2. The molecule has 0 aliphatic heterocycles. The zero-order chi connectivity index (χ0) is 14.2. The van der Waals surface area contributed by atoms with E-state index in [0.717, 1.165) is 31.5 Å². The number of ether oxygens (including phenoxy) is 1. The molecule has 1 aromatic carbocycles. The van der Waals surface area contributed by atoms with Crippen LogP contribution in [-0.4, -0.2) is 19.7 Å². The summed E-state index contributed by atoms with van der Waals surface area (Å²) in [5.41, 5.74) is 12.7. The highest BCUT2D eigenvalue weighted by molar-refractivity contribution is 5.30. The summed E-state index contributed by atoms with van der Waals surface area (Å²) in [5, 5.41) is 0. The lowest BCUT2D eigenvalue weighted by Crippen LogP contribution is -2.32. The van der Waals surface area contributed by atoms with Crippen molar-refractivity contribution in [3.63, 3.8) is 0 Å². The summed E-state index contributed by atoms with van der Waals surface area (Å²) in [7, 11) is 0. The number of hydrogen-bond acceptors (Lipinski definition) is 4. The smallest absolute Gasteiger partial charge is 0.165 e. The molecule has 112 valence electrons. The number of benzene rings is 1. The predicted octanol–water partition coefficient (Wildman–Crippen LogP) is 1.95. The molecule has 0 saturated heterocycles. The fourth-order valence-electron chi connectivity index (χ4n) is 1.87. The molecule has 1 aromatic rings. The van der Waals surface area contributed by atoms with Crippen LogP contribution in [0, 0.1) is 11.7 Å². The Morgan fingerprint density at radius 3 is 2.85 bits per heavy atom. The van der Waals surface area contributed by atoms with Crippen LogP contribution in [0.3, 0.4) is 0 Å². The average Bonchev–Trinajstić information content (AvgIpc) is 3.27. The molecule has 0 atom stereocenters. The van der Waals surface area contributed by atoms with Gasteiger partial charge in [-0.25, -0.2) is 4.39 Å². The number of halogens is 1. The first-order valence-electron chi connectivity index (χ1n) is 7.36. The van der Waals surface area contributed by atoms with Gasteiger partial charge in [0, 0.05) is 13.1 Å². The molecule has 0 bridgehead atoms. The van der Waals surface area contributed by atoms with Crippen LogP contribution < -0.4 is 21.3 Å². The topological polar surface area (TPSA) is 59.3 Å². The molecule has 20 heavy (non-hydrogen) atoms. The molecule has 4 nitrogen and oxygen atoms in total. The molecule has 4 N–H and O–H groups in total. The number of nitrogens with two attached hydrogens (primary N) is 1. The van der Waals surface area contributed by atoms with Crippen molar-refractivity contribution in [1.29, 1.82) is 0 Å². The first-order valence-corrected chi connectivity index (χ1v) is 7.36. The van der Waals surface area contributed by atoms with Crippen LogP contribution in [0.4, 0.5) is 4.39 Å². The number of hydrazine groups is 1. The molecule has 0 radical (unpaired) electrons. The van der Waals surface area contributed by atoms with E-state index in [9.17, 15) is 4.39 Å². The highest BCUT2D eigenvalue weighted by atomic mass is 19.1. The van der Waals surface area contributed by atoms with Crippen molar-refractivity contribution >= 4 is 0 Å². The zero-order valence-electron chi connectivity index (χ0n) is 11.8. The molecule has 0 spiro atoms. The third kappa shape index (κ3) is 5.45. The van der Waals surface area contributed by atoms with Crippen LogP contribution in [0.2, 0.25) is 0 Å². The maximum atomic E-state index is 13.6. The molecular weight excluding hydrogens is 257 g/mol. The molecule has 5 heteroatoms. The maximum Gasteiger partial charge on any atom is 0.165 e. The van der Waals surface area contributed by atoms with Crippen LogP contribution in [-0.2, 0) is 6.54 Å². The molecule has 0 amide bonds. The minimum absolute atomic E-state index is 0.287. The third-order valence-corrected chi connectivity index (χ3v) is 3.34. The summed E-state index contributed by atoms with van der Waals surface area (Å²) < 4.78 is 19.1. The van der Waals surface area contributed by atoms with Crippen LogP contribution in [0.1, 0.15) is 31.2 Å². The van der Waals surface area contributed by atoms with Crippen LogP contribution >= 0.6 is 0 Å². The summed E-state index contributed by atoms with van der Waals surface area (Å²) >= 11 is 0. The van der Waals surface area contributed by atoms with Crippen molar-refractivity contribution in [3.8, 4) is 5.75 Å². The first-order chi connectivity index (χ1) is 9.79. The maximum absolute atomic E-state index is 13.6. The van der Waals surface area contributed by atoms with Gasteiger partial charge >= 0.3 is 0 Å². The molecule has 1 aliphatic rings. The predicted molar refractivity (Wildman–Crippen MR) is 77.7 cm³/mol. The van der Waals surface area contributed by atoms with Gasteiger partial charge in [-0.1, -0.05) is 6.07 Å². The fourth-order valence-corrected chi connectivity index (χ4v) is 1.87. The Hall–Kier alpha value is -1.17. The lowest BCUT2D eigenvalue weighted by molar-refractivity contribution is 0.285. The third-order valence-electron chi connectivity index (χ3n) is 3.34. The number of nitrogens with one attached hydrogen (secondary N) is 2. The summed E-state index contributed by atoms with van der Waals surface area (Å²) in [4.78, 5) is 0. The molecule has 0 aromatic heterocycles. The van der Waals surface area contributed by atoms with Crippen LogP contribution in [0.15, 0.2) is 18.2 Å². The van der Waals surface area contributed by atoms with Crippen molar-refractivity contribution in [3.05, 3.63) is 29.6 Å². The van der Waals surface area contributed by atoms with Crippen molar-refractivity contribution in [2.45, 2.75) is 32.2 Å². The second-order valence-corrected chi connectivity index (χ2v) is 5.30. The summed E-state index contributed by atoms with van der Waals surface area (Å²) in [6, 6.07) is 5.01. The van der Waals surface area contributed by atoms with Gasteiger partial charge in [0.2, 0.25) is 0 Å². The Morgan fingerprint density at radius 1 is 1.25 bits per heavy atom. The average molecular weight is 281 g/mol. The molecular formula is C15H24FN3O. The van der Waals surface area contributed by atoms with E-state index in [0.29, 0.717) is 24.8 Å². The van der Waals surface area contributed by atoms with Gasteiger partial charge in [-0.2, -0.15) is 0 Å². The Morgan fingerprint density at radius 2 is 2.10 bits per heavy atom. The van der Waals surface area contributed by atoms with Gasteiger partial charge in [0.25, 0.3) is 0 Å². The van der Waals surface area contributed by atoms with E-state index in [-0.39, 0.29) is 5.82 Å². The number of rotatable bonds is 10. The second kappa shape index (κ2) is 8.19. The van der Waals surface area contributed by atoms with Gasteiger partial charge in [0.05, 0.1) is 6.61 Å². The van der Waals surface area contributed by atoms with Crippen LogP contribution in [0.25, 0.3) is 0 Å². The monoisotopic (exact) mass is 281 g/mol. The van der Waals surface area contributed by atoms with Gasteiger partial charge in [-0.3, -0.25) is 10.9 Å². The lowest BCUT2D eigenvalue weighted by Gasteiger charge is -2.10. The Balaban J connectivity index is 1.71. The van der Waals surface area contributed by atoms with Gasteiger partial charge in [-0.05, 0) is 55.8 Å². The lowest BCUT2D eigenvalue weighted by atomic mass is 10.2. The van der Waals surface area contributed by atoms with E-state index in [1.54, 1.807) is 12.1 Å². The molecule has 1 fully saturated rings. The van der Waals surface area contributed by atoms with Gasteiger partial charge < -0.3 is 10.5 Å². The summed E-state index contributed by atoms with van der Waals surface area (Å²) in [6.07, 6.45) is 4.47. The molecule has 0 heterocycles. The Kier molecular flexibility index (Phi) is 6.24. The largest absolute Gasteiger partial charge is 0.490 e. The summed E-state index contributed by atoms with van der Waals surface area (Å²) in [6.45, 7) is 2.87. The molecule has 1 saturated carbocycles. The van der Waals surface area contributed by atoms with Gasteiger partial charge in [-0.15, -0.1) is 0 Å². The Labute approximate surface area is 119 Å². The SMILES string of the molecule is NCCCCNNCc1ccc(F)c(OCC2CC2)c1. The van der Waals surface area contributed by atoms with E-state index in [4.69, 9.17) is 10.5 Å². The van der Waals surface area contributed by atoms with Crippen molar-refractivity contribution in [1.82, 2.24) is 10.9 Å². The minimum Gasteiger partial charge on any atom is -0.490 e. The van der Waals surface area contributed by atoms with E-state index in [1.165, 1.54) is 18.9 Å². The molecule has 0 unspecified atom stereocenters. The molecule has 2 rings (SSSR count). The van der Waals surface area contributed by atoms with E-state index < -0.39 is 0 Å².